The zero-order valence-electron chi connectivity index (χ0n) is 10.8. The molecule has 0 radical (unpaired) electrons. The van der Waals surface area contributed by atoms with Gasteiger partial charge in [-0.15, -0.1) is 5.10 Å². The van der Waals surface area contributed by atoms with Gasteiger partial charge in [0.2, 0.25) is 0 Å². The van der Waals surface area contributed by atoms with E-state index in [4.69, 9.17) is 0 Å². The van der Waals surface area contributed by atoms with Crippen molar-refractivity contribution < 1.29 is 18.3 Å². The molecule has 0 saturated heterocycles. The van der Waals surface area contributed by atoms with Crippen LogP contribution < -0.4 is 0 Å². The predicted octanol–water partition coefficient (Wildman–Crippen LogP) is 3.76. The van der Waals surface area contributed by atoms with Crippen LogP contribution in [0.5, 0.6) is 0 Å². The Morgan fingerprint density at radius 2 is 1.85 bits per heavy atom. The Balaban J connectivity index is 2.49. The first-order chi connectivity index (χ1) is 9.32. The van der Waals surface area contributed by atoms with Gasteiger partial charge in [-0.2, -0.15) is 13.2 Å². The predicted molar refractivity (Wildman–Crippen MR) is 69.5 cm³/mol. The highest BCUT2D eigenvalue weighted by atomic mass is 32.1. The van der Waals surface area contributed by atoms with Crippen LogP contribution in [0.15, 0.2) is 24.3 Å². The van der Waals surface area contributed by atoms with E-state index in [2.05, 4.69) is 9.59 Å². The number of aromatic nitrogens is 2. The van der Waals surface area contributed by atoms with E-state index >= 15 is 0 Å². The molecule has 0 aliphatic carbocycles. The molecule has 3 nitrogen and oxygen atoms in total. The third-order valence-corrected chi connectivity index (χ3v) is 3.69. The summed E-state index contributed by atoms with van der Waals surface area (Å²) < 4.78 is 42.6. The van der Waals surface area contributed by atoms with Crippen molar-refractivity contribution in [3.05, 3.63) is 46.0 Å². The van der Waals surface area contributed by atoms with Crippen LogP contribution in [0.25, 0.3) is 0 Å². The zero-order chi connectivity index (χ0) is 14.9. The topological polar surface area (TPSA) is 46.0 Å². The molecule has 2 aromatic rings. The quantitative estimate of drug-likeness (QED) is 0.939. The average molecular weight is 302 g/mol. The van der Waals surface area contributed by atoms with Gasteiger partial charge in [0.15, 0.2) is 0 Å². The minimum atomic E-state index is -4.51. The van der Waals surface area contributed by atoms with Crippen molar-refractivity contribution in [2.75, 3.05) is 0 Å². The summed E-state index contributed by atoms with van der Waals surface area (Å²) in [6.07, 6.45) is -5.88. The lowest BCUT2D eigenvalue weighted by atomic mass is 9.98. The van der Waals surface area contributed by atoms with Crippen molar-refractivity contribution in [1.29, 1.82) is 0 Å². The summed E-state index contributed by atoms with van der Waals surface area (Å²) >= 11 is 0.922. The molecule has 0 saturated carbocycles. The van der Waals surface area contributed by atoms with E-state index in [-0.39, 0.29) is 11.5 Å². The molecule has 1 N–H and O–H groups in total. The molecule has 1 atom stereocenters. The van der Waals surface area contributed by atoms with Crippen LogP contribution in [-0.4, -0.2) is 14.7 Å². The fourth-order valence-corrected chi connectivity index (χ4v) is 2.74. The van der Waals surface area contributed by atoms with E-state index in [9.17, 15) is 18.3 Å². The van der Waals surface area contributed by atoms with Gasteiger partial charge >= 0.3 is 6.18 Å². The zero-order valence-corrected chi connectivity index (χ0v) is 11.7. The summed E-state index contributed by atoms with van der Waals surface area (Å²) in [4.78, 5) is 0.358. The van der Waals surface area contributed by atoms with Crippen molar-refractivity contribution >= 4 is 11.5 Å². The molecule has 0 fully saturated rings. The lowest BCUT2D eigenvalue weighted by Gasteiger charge is -2.17. The smallest absolute Gasteiger partial charge is 0.383 e. The number of hydrogen-bond acceptors (Lipinski definition) is 4. The largest absolute Gasteiger partial charge is 0.416 e. The first kappa shape index (κ1) is 14.9. The monoisotopic (exact) mass is 302 g/mol. The number of aliphatic hydroxyl groups excluding tert-OH is 1. The molecule has 0 bridgehead atoms. The second-order valence-corrected chi connectivity index (χ2v) is 5.45. The van der Waals surface area contributed by atoms with E-state index in [1.807, 2.05) is 13.8 Å². The van der Waals surface area contributed by atoms with E-state index in [1.165, 1.54) is 18.2 Å². The molecule has 7 heteroatoms. The lowest BCUT2D eigenvalue weighted by Crippen LogP contribution is -2.13. The Hall–Kier alpha value is -1.47. The van der Waals surface area contributed by atoms with Gasteiger partial charge in [-0.1, -0.05) is 36.5 Å². The van der Waals surface area contributed by atoms with Crippen LogP contribution in [0, 0.1) is 0 Å². The molecule has 0 aliphatic heterocycles. The standard InChI is InChI=1S/C13H13F3N2OS/c1-7(2)10-12(20-18-17-10)11(19)8-5-3-4-6-9(8)13(14,15)16/h3-7,11,19H,1-2H3. The molecule has 108 valence electrons. The highest BCUT2D eigenvalue weighted by Gasteiger charge is 2.36. The summed E-state index contributed by atoms with van der Waals surface area (Å²) in [7, 11) is 0. The third kappa shape index (κ3) is 2.83. The van der Waals surface area contributed by atoms with Crippen LogP contribution in [0.2, 0.25) is 0 Å². The maximum Gasteiger partial charge on any atom is 0.416 e. The number of rotatable bonds is 3. The van der Waals surface area contributed by atoms with Crippen LogP contribution >= 0.6 is 11.5 Å². The minimum Gasteiger partial charge on any atom is -0.383 e. The first-order valence-electron chi connectivity index (χ1n) is 5.98. The molecule has 1 aromatic heterocycles. The van der Waals surface area contributed by atoms with Gasteiger partial charge in [-0.25, -0.2) is 0 Å². The summed E-state index contributed by atoms with van der Waals surface area (Å²) in [5.74, 6) is -0.0172. The summed E-state index contributed by atoms with van der Waals surface area (Å²) in [5, 5.41) is 14.2. The van der Waals surface area contributed by atoms with Gasteiger partial charge in [-0.3, -0.25) is 0 Å². The molecular formula is C13H13F3N2OS. The highest BCUT2D eigenvalue weighted by Crippen LogP contribution is 2.38. The van der Waals surface area contributed by atoms with E-state index in [0.29, 0.717) is 10.6 Å². The third-order valence-electron chi connectivity index (χ3n) is 2.90. The number of nitrogens with zero attached hydrogens (tertiary/aromatic N) is 2. The van der Waals surface area contributed by atoms with Crippen LogP contribution in [0.4, 0.5) is 13.2 Å². The van der Waals surface area contributed by atoms with Gasteiger partial charge in [0.1, 0.15) is 6.10 Å². The maximum atomic E-state index is 13.0. The van der Waals surface area contributed by atoms with Gasteiger partial charge < -0.3 is 5.11 Å². The number of benzene rings is 1. The number of hydrogen-bond donors (Lipinski definition) is 1. The Bertz CT molecular complexity index is 595. The molecule has 1 unspecified atom stereocenters. The summed E-state index contributed by atoms with van der Waals surface area (Å²) in [6, 6.07) is 5.00. The van der Waals surface area contributed by atoms with Crippen LogP contribution in [0.1, 0.15) is 47.6 Å². The molecule has 0 spiro atoms. The Labute approximate surface area is 118 Å². The molecule has 1 heterocycles. The fourth-order valence-electron chi connectivity index (χ4n) is 1.93. The van der Waals surface area contributed by atoms with Gasteiger partial charge in [-0.05, 0) is 29.1 Å². The van der Waals surface area contributed by atoms with Crippen LogP contribution in [-0.2, 0) is 6.18 Å². The summed E-state index contributed by atoms with van der Waals surface area (Å²) in [5.41, 5.74) is -0.483. The molecule has 0 amide bonds. The number of alkyl halides is 3. The van der Waals surface area contributed by atoms with Gasteiger partial charge in [0, 0.05) is 0 Å². The maximum absolute atomic E-state index is 13.0. The molecular weight excluding hydrogens is 289 g/mol. The van der Waals surface area contributed by atoms with Crippen LogP contribution in [0.3, 0.4) is 0 Å². The molecule has 2 rings (SSSR count). The second kappa shape index (κ2) is 5.49. The minimum absolute atomic E-state index is 0.0172. The normalized spacial score (nSPS) is 13.8. The van der Waals surface area contributed by atoms with Crippen molar-refractivity contribution in [2.24, 2.45) is 0 Å². The number of aliphatic hydroxyl groups is 1. The Morgan fingerprint density at radius 3 is 2.45 bits per heavy atom. The molecule has 0 aliphatic rings. The van der Waals surface area contributed by atoms with Gasteiger partial charge in [0.25, 0.3) is 0 Å². The van der Waals surface area contributed by atoms with E-state index in [0.717, 1.165) is 17.6 Å². The number of halogens is 3. The van der Waals surface area contributed by atoms with Crippen molar-refractivity contribution in [1.82, 2.24) is 9.59 Å². The van der Waals surface area contributed by atoms with E-state index in [1.54, 1.807) is 0 Å². The summed E-state index contributed by atoms with van der Waals surface area (Å²) in [6.45, 7) is 3.70. The highest BCUT2D eigenvalue weighted by molar-refractivity contribution is 7.05. The lowest BCUT2D eigenvalue weighted by molar-refractivity contribution is -0.139. The SMILES string of the molecule is CC(C)c1nnsc1C(O)c1ccccc1C(F)(F)F. The first-order valence-corrected chi connectivity index (χ1v) is 6.76. The van der Waals surface area contributed by atoms with E-state index < -0.39 is 17.8 Å². The fraction of sp³-hybridized carbons (Fsp3) is 0.385. The molecule has 20 heavy (non-hydrogen) atoms. The van der Waals surface area contributed by atoms with Crippen molar-refractivity contribution in [2.45, 2.75) is 32.0 Å². The second-order valence-electron chi connectivity index (χ2n) is 4.66. The van der Waals surface area contributed by atoms with Gasteiger partial charge in [0.05, 0.1) is 16.1 Å². The van der Waals surface area contributed by atoms with Crippen molar-refractivity contribution in [3.63, 3.8) is 0 Å². The van der Waals surface area contributed by atoms with Crippen molar-refractivity contribution in [3.8, 4) is 0 Å². The molecule has 1 aromatic carbocycles. The average Bonchev–Trinajstić information content (AvgIpc) is 2.86. The Morgan fingerprint density at radius 1 is 1.20 bits per heavy atom. The Kier molecular flexibility index (Phi) is 4.10.